The molecule has 2 N–H and O–H groups in total. The van der Waals surface area contributed by atoms with E-state index in [2.05, 4.69) is 10.3 Å². The summed E-state index contributed by atoms with van der Waals surface area (Å²) in [6, 6.07) is 8.73. The fourth-order valence-electron chi connectivity index (χ4n) is 2.64. The summed E-state index contributed by atoms with van der Waals surface area (Å²) < 4.78 is 15.0. The Morgan fingerprint density at radius 3 is 2.80 bits per heavy atom. The third-order valence-corrected chi connectivity index (χ3v) is 3.72. The van der Waals surface area contributed by atoms with E-state index in [1.54, 1.807) is 12.1 Å². The molecule has 1 aromatic carbocycles. The summed E-state index contributed by atoms with van der Waals surface area (Å²) in [5.74, 6) is -2.03. The Labute approximate surface area is 142 Å². The lowest BCUT2D eigenvalue weighted by molar-refractivity contribution is 0.0696. The molecule has 6 nitrogen and oxygen atoms in total. The van der Waals surface area contributed by atoms with Crippen molar-refractivity contribution in [2.45, 2.75) is 19.8 Å². The van der Waals surface area contributed by atoms with Crippen LogP contribution >= 0.6 is 0 Å². The fourth-order valence-corrected chi connectivity index (χ4v) is 2.64. The van der Waals surface area contributed by atoms with Crippen LogP contribution in [0.3, 0.4) is 0 Å². The molecule has 128 valence electrons. The van der Waals surface area contributed by atoms with Crippen molar-refractivity contribution in [1.29, 1.82) is 0 Å². The monoisotopic (exact) mass is 341 g/mol. The van der Waals surface area contributed by atoms with Crippen molar-refractivity contribution in [3.63, 3.8) is 0 Å². The van der Waals surface area contributed by atoms with Gasteiger partial charge in [-0.25, -0.2) is 14.2 Å². The second kappa shape index (κ2) is 6.72. The number of carboxylic acid groups (broad SMARTS) is 1. The fraction of sp³-hybridized carbons (Fsp3) is 0.167. The number of aromatic nitrogens is 2. The lowest BCUT2D eigenvalue weighted by Gasteiger charge is -2.08. The highest BCUT2D eigenvalue weighted by atomic mass is 19.1. The van der Waals surface area contributed by atoms with E-state index in [1.807, 2.05) is 6.92 Å². The number of imidazole rings is 1. The molecule has 3 rings (SSSR count). The summed E-state index contributed by atoms with van der Waals surface area (Å²) in [5, 5.41) is 11.7. The van der Waals surface area contributed by atoms with Crippen LogP contribution in [0.2, 0.25) is 0 Å². The molecule has 7 heteroatoms. The van der Waals surface area contributed by atoms with Crippen LogP contribution in [0.15, 0.2) is 42.6 Å². The van der Waals surface area contributed by atoms with Crippen molar-refractivity contribution < 1.29 is 19.1 Å². The Morgan fingerprint density at radius 2 is 2.08 bits per heavy atom. The van der Waals surface area contributed by atoms with Crippen molar-refractivity contribution >= 4 is 23.2 Å². The molecule has 0 unspecified atom stereocenters. The van der Waals surface area contributed by atoms with Gasteiger partial charge in [-0.3, -0.25) is 9.20 Å². The molecule has 0 aliphatic heterocycles. The second-order valence-electron chi connectivity index (χ2n) is 5.57. The summed E-state index contributed by atoms with van der Waals surface area (Å²) in [6.45, 7) is 1.96. The van der Waals surface area contributed by atoms with Gasteiger partial charge < -0.3 is 10.4 Å². The number of nitrogens with zero attached hydrogens (tertiary/aromatic N) is 2. The number of aromatic carboxylic acids is 1. The number of carboxylic acids is 1. The molecular formula is C18H16FN3O3. The van der Waals surface area contributed by atoms with E-state index in [4.69, 9.17) is 5.11 Å². The molecule has 0 bridgehead atoms. The Morgan fingerprint density at radius 1 is 1.28 bits per heavy atom. The van der Waals surface area contributed by atoms with Gasteiger partial charge in [0.25, 0.3) is 5.91 Å². The lowest BCUT2D eigenvalue weighted by atomic mass is 10.2. The molecule has 0 atom stereocenters. The summed E-state index contributed by atoms with van der Waals surface area (Å²) in [4.78, 5) is 28.2. The van der Waals surface area contributed by atoms with Crippen LogP contribution in [0, 0.1) is 5.82 Å². The number of halogens is 1. The topological polar surface area (TPSA) is 83.7 Å². The van der Waals surface area contributed by atoms with Gasteiger partial charge in [-0.1, -0.05) is 19.4 Å². The van der Waals surface area contributed by atoms with E-state index in [0.29, 0.717) is 23.4 Å². The number of amides is 1. The van der Waals surface area contributed by atoms with Gasteiger partial charge in [-0.05, 0) is 36.8 Å². The van der Waals surface area contributed by atoms with Crippen molar-refractivity contribution in [2.75, 3.05) is 5.32 Å². The van der Waals surface area contributed by atoms with Gasteiger partial charge in [0.2, 0.25) is 0 Å². The molecule has 0 aliphatic carbocycles. The predicted octanol–water partition coefficient (Wildman–Crippen LogP) is 3.38. The molecule has 3 aromatic rings. The van der Waals surface area contributed by atoms with E-state index in [1.165, 1.54) is 34.9 Å². The molecule has 0 radical (unpaired) electrons. The van der Waals surface area contributed by atoms with Gasteiger partial charge in [0, 0.05) is 11.9 Å². The van der Waals surface area contributed by atoms with Crippen LogP contribution in [0.4, 0.5) is 10.1 Å². The highest BCUT2D eigenvalue weighted by Gasteiger charge is 2.19. The van der Waals surface area contributed by atoms with E-state index < -0.39 is 17.7 Å². The second-order valence-corrected chi connectivity index (χ2v) is 5.57. The number of hydrogen-bond acceptors (Lipinski definition) is 3. The van der Waals surface area contributed by atoms with Crippen molar-refractivity contribution in [2.24, 2.45) is 0 Å². The molecule has 0 fully saturated rings. The zero-order valence-corrected chi connectivity index (χ0v) is 13.5. The van der Waals surface area contributed by atoms with Crippen LogP contribution in [-0.4, -0.2) is 26.4 Å². The normalized spacial score (nSPS) is 10.8. The standard InChI is InChI=1S/C18H16FN3O3/c1-2-4-14-16(22-10-12(19)7-8-15(22)21-14)17(23)20-13-6-3-5-11(9-13)18(24)25/h3,5-10H,2,4H2,1H3,(H,20,23)(H,24,25). The lowest BCUT2D eigenvalue weighted by Crippen LogP contribution is -2.17. The summed E-state index contributed by atoms with van der Waals surface area (Å²) in [5.41, 5.74) is 1.71. The largest absolute Gasteiger partial charge is 0.478 e. The Balaban J connectivity index is 2.01. The molecule has 0 spiro atoms. The first-order valence-corrected chi connectivity index (χ1v) is 7.80. The minimum absolute atomic E-state index is 0.0655. The zero-order valence-electron chi connectivity index (χ0n) is 13.5. The number of rotatable bonds is 5. The highest BCUT2D eigenvalue weighted by Crippen LogP contribution is 2.18. The average molecular weight is 341 g/mol. The van der Waals surface area contributed by atoms with E-state index >= 15 is 0 Å². The third-order valence-electron chi connectivity index (χ3n) is 3.72. The van der Waals surface area contributed by atoms with Crippen molar-refractivity contribution in [3.05, 3.63) is 65.4 Å². The first kappa shape index (κ1) is 16.6. The van der Waals surface area contributed by atoms with E-state index in [9.17, 15) is 14.0 Å². The molecule has 0 saturated carbocycles. The number of carbonyl (C=O) groups is 2. The van der Waals surface area contributed by atoms with Crippen LogP contribution in [-0.2, 0) is 6.42 Å². The Kier molecular flexibility index (Phi) is 4.47. The maximum Gasteiger partial charge on any atom is 0.335 e. The van der Waals surface area contributed by atoms with Gasteiger partial charge in [-0.15, -0.1) is 0 Å². The molecular weight excluding hydrogens is 325 g/mol. The number of carbonyl (C=O) groups excluding carboxylic acids is 1. The van der Waals surface area contributed by atoms with Crippen LogP contribution in [0.1, 0.15) is 39.9 Å². The molecule has 0 saturated heterocycles. The summed E-state index contributed by atoms with van der Waals surface area (Å²) in [7, 11) is 0. The number of hydrogen-bond donors (Lipinski definition) is 2. The molecule has 0 aliphatic rings. The maximum atomic E-state index is 13.6. The van der Waals surface area contributed by atoms with Crippen LogP contribution in [0.25, 0.3) is 5.65 Å². The average Bonchev–Trinajstić information content (AvgIpc) is 2.92. The van der Waals surface area contributed by atoms with Crippen LogP contribution in [0.5, 0.6) is 0 Å². The number of benzene rings is 1. The summed E-state index contributed by atoms with van der Waals surface area (Å²) in [6.07, 6.45) is 2.56. The maximum absolute atomic E-state index is 13.6. The minimum atomic E-state index is -1.08. The first-order chi connectivity index (χ1) is 12.0. The van der Waals surface area contributed by atoms with E-state index in [0.717, 1.165) is 6.42 Å². The number of anilines is 1. The molecule has 1 amide bonds. The first-order valence-electron chi connectivity index (χ1n) is 7.80. The Hall–Kier alpha value is -3.22. The number of aryl methyl sites for hydroxylation is 1. The van der Waals surface area contributed by atoms with Gasteiger partial charge in [0.15, 0.2) is 0 Å². The van der Waals surface area contributed by atoms with Crippen LogP contribution < -0.4 is 5.32 Å². The van der Waals surface area contributed by atoms with Crippen molar-refractivity contribution in [3.8, 4) is 0 Å². The zero-order chi connectivity index (χ0) is 18.0. The molecule has 2 heterocycles. The molecule has 25 heavy (non-hydrogen) atoms. The SMILES string of the molecule is CCCc1nc2ccc(F)cn2c1C(=O)Nc1cccc(C(=O)O)c1. The number of nitrogens with one attached hydrogen (secondary N) is 1. The third kappa shape index (κ3) is 3.35. The summed E-state index contributed by atoms with van der Waals surface area (Å²) >= 11 is 0. The Bertz CT molecular complexity index is 965. The predicted molar refractivity (Wildman–Crippen MR) is 90.5 cm³/mol. The highest BCUT2D eigenvalue weighted by molar-refractivity contribution is 6.05. The van der Waals surface area contributed by atoms with E-state index in [-0.39, 0.29) is 11.3 Å². The van der Waals surface area contributed by atoms with Gasteiger partial charge in [0.05, 0.1) is 11.3 Å². The molecule has 2 aromatic heterocycles. The van der Waals surface area contributed by atoms with Gasteiger partial charge >= 0.3 is 5.97 Å². The van der Waals surface area contributed by atoms with Gasteiger partial charge in [0.1, 0.15) is 17.2 Å². The van der Waals surface area contributed by atoms with Crippen molar-refractivity contribution in [1.82, 2.24) is 9.38 Å². The number of pyridine rings is 1. The van der Waals surface area contributed by atoms with Gasteiger partial charge in [-0.2, -0.15) is 0 Å². The number of fused-ring (bicyclic) bond motifs is 1. The quantitative estimate of drug-likeness (QED) is 0.745. The smallest absolute Gasteiger partial charge is 0.335 e. The minimum Gasteiger partial charge on any atom is -0.478 e.